The van der Waals surface area contributed by atoms with Crippen LogP contribution in [0.3, 0.4) is 0 Å². The summed E-state index contributed by atoms with van der Waals surface area (Å²) in [4.78, 5) is 2.01. The Hall–Kier alpha value is -3.25. The van der Waals surface area contributed by atoms with Gasteiger partial charge in [-0.2, -0.15) is 16.8 Å². The smallest absolute Gasteiger partial charge is 0.299 e. The molecule has 0 unspecified atom stereocenters. The number of aromatic hydroxyl groups is 1. The van der Waals surface area contributed by atoms with Crippen molar-refractivity contribution in [2.45, 2.75) is 37.5 Å². The minimum Gasteiger partial charge on any atom is -0.506 e. The van der Waals surface area contributed by atoms with Gasteiger partial charge in [0.1, 0.15) is 10.6 Å². The highest BCUT2D eigenvalue weighted by atomic mass is 32.2. The molecule has 0 heterocycles. The molecule has 36 heavy (non-hydrogen) atoms. The van der Waals surface area contributed by atoms with E-state index in [1.807, 2.05) is 52.0 Å². The third-order valence-corrected chi connectivity index (χ3v) is 7.51. The Labute approximate surface area is 211 Å². The second kappa shape index (κ2) is 10.4. The first-order valence-electron chi connectivity index (χ1n) is 11.1. The van der Waals surface area contributed by atoms with Gasteiger partial charge >= 0.3 is 0 Å². The standard InChI is InChI=1S/C25H28N2O7S2/c1-5-26-20-9-7-17(11-15(20)3)24(18-8-10-21(27-6-2)16(4)12-18)19-13-22(28)25(36(32,33)34)23(14-19)35(29,30)31/h7-14,26,28H,5-6H2,1-4H3,(H,29,30,31)(H,32,33,34)/b24-18-,27-21?. The summed E-state index contributed by atoms with van der Waals surface area (Å²) in [5.74, 6) is -1.02. The summed E-state index contributed by atoms with van der Waals surface area (Å²) in [7, 11) is -10.3. The normalized spacial score (nSPS) is 16.7. The van der Waals surface area contributed by atoms with Crippen molar-refractivity contribution in [3.8, 4) is 5.75 Å². The predicted octanol–water partition coefficient (Wildman–Crippen LogP) is 4.40. The molecule has 0 amide bonds. The number of allylic oxidation sites excluding steroid dienone is 5. The van der Waals surface area contributed by atoms with Crippen LogP contribution in [0.5, 0.6) is 5.75 Å². The Kier molecular flexibility index (Phi) is 7.89. The number of hydrogen-bond acceptors (Lipinski definition) is 7. The van der Waals surface area contributed by atoms with Crippen LogP contribution in [-0.2, 0) is 20.2 Å². The van der Waals surface area contributed by atoms with Gasteiger partial charge in [-0.05, 0) is 97.5 Å². The van der Waals surface area contributed by atoms with E-state index < -0.39 is 35.8 Å². The van der Waals surface area contributed by atoms with E-state index in [0.29, 0.717) is 29.8 Å². The second-order valence-corrected chi connectivity index (χ2v) is 10.9. The zero-order valence-corrected chi connectivity index (χ0v) is 21.9. The van der Waals surface area contributed by atoms with Crippen LogP contribution in [0.25, 0.3) is 5.57 Å². The topological polar surface area (TPSA) is 153 Å². The van der Waals surface area contributed by atoms with Gasteiger partial charge in [0.05, 0.1) is 5.71 Å². The zero-order chi connectivity index (χ0) is 26.8. The van der Waals surface area contributed by atoms with E-state index in [-0.39, 0.29) is 5.56 Å². The van der Waals surface area contributed by atoms with Crippen LogP contribution >= 0.6 is 0 Å². The van der Waals surface area contributed by atoms with Crippen molar-refractivity contribution in [1.29, 1.82) is 0 Å². The summed E-state index contributed by atoms with van der Waals surface area (Å²) in [5, 5.41) is 13.7. The van der Waals surface area contributed by atoms with Crippen molar-refractivity contribution in [2.75, 3.05) is 18.4 Å². The molecule has 0 aliphatic heterocycles. The fourth-order valence-corrected chi connectivity index (χ4v) is 5.93. The van der Waals surface area contributed by atoms with Crippen LogP contribution in [0.15, 0.2) is 74.5 Å². The Morgan fingerprint density at radius 3 is 2.17 bits per heavy atom. The summed E-state index contributed by atoms with van der Waals surface area (Å²) in [6.07, 6.45) is 5.44. The number of hydrogen-bond donors (Lipinski definition) is 4. The summed E-state index contributed by atoms with van der Waals surface area (Å²) in [6.45, 7) is 8.95. The highest BCUT2D eigenvalue weighted by Crippen LogP contribution is 2.38. The molecule has 0 saturated heterocycles. The van der Waals surface area contributed by atoms with Gasteiger partial charge < -0.3 is 10.4 Å². The molecule has 0 fully saturated rings. The molecule has 0 saturated carbocycles. The second-order valence-electron chi connectivity index (χ2n) is 8.18. The lowest BCUT2D eigenvalue weighted by atomic mass is 9.88. The van der Waals surface area contributed by atoms with Crippen molar-refractivity contribution in [3.63, 3.8) is 0 Å². The lowest BCUT2D eigenvalue weighted by Crippen LogP contribution is -2.10. The van der Waals surface area contributed by atoms with Gasteiger partial charge in [0.25, 0.3) is 20.2 Å². The highest BCUT2D eigenvalue weighted by Gasteiger charge is 2.30. The van der Waals surface area contributed by atoms with Crippen LogP contribution in [0.2, 0.25) is 0 Å². The van der Waals surface area contributed by atoms with E-state index in [1.165, 1.54) is 0 Å². The molecule has 0 bridgehead atoms. The Morgan fingerprint density at radius 1 is 0.944 bits per heavy atom. The molecule has 0 aromatic heterocycles. The largest absolute Gasteiger partial charge is 0.506 e. The average molecular weight is 533 g/mol. The Morgan fingerprint density at radius 2 is 1.64 bits per heavy atom. The van der Waals surface area contributed by atoms with E-state index in [0.717, 1.165) is 34.7 Å². The summed E-state index contributed by atoms with van der Waals surface area (Å²) in [5.41, 5.74) is 5.29. The first-order valence-corrected chi connectivity index (χ1v) is 14.0. The number of benzene rings is 2. The van der Waals surface area contributed by atoms with Crippen LogP contribution in [0, 0.1) is 6.92 Å². The molecule has 9 nitrogen and oxygen atoms in total. The molecule has 2 aromatic rings. The molecular formula is C25H28N2O7S2. The minimum atomic E-state index is -5.18. The number of aliphatic imine (C=N–C) groups is 1. The monoisotopic (exact) mass is 532 g/mol. The van der Waals surface area contributed by atoms with E-state index >= 15 is 0 Å². The van der Waals surface area contributed by atoms with Gasteiger partial charge in [0, 0.05) is 18.8 Å². The predicted molar refractivity (Wildman–Crippen MR) is 140 cm³/mol. The summed E-state index contributed by atoms with van der Waals surface area (Å²) >= 11 is 0. The molecule has 0 spiro atoms. The molecule has 0 radical (unpaired) electrons. The zero-order valence-electron chi connectivity index (χ0n) is 20.3. The number of phenols is 1. The maximum atomic E-state index is 12.1. The highest BCUT2D eigenvalue weighted by molar-refractivity contribution is 7.89. The van der Waals surface area contributed by atoms with Gasteiger partial charge in [0.15, 0.2) is 4.90 Å². The van der Waals surface area contributed by atoms with Crippen LogP contribution in [0.4, 0.5) is 5.69 Å². The molecular weight excluding hydrogens is 504 g/mol. The first kappa shape index (κ1) is 27.3. The summed E-state index contributed by atoms with van der Waals surface area (Å²) in [6, 6.07) is 7.49. The maximum Gasteiger partial charge on any atom is 0.299 e. The third kappa shape index (κ3) is 5.76. The quantitative estimate of drug-likeness (QED) is 0.383. The van der Waals surface area contributed by atoms with E-state index in [1.54, 1.807) is 12.1 Å². The van der Waals surface area contributed by atoms with Gasteiger partial charge in [-0.3, -0.25) is 14.1 Å². The van der Waals surface area contributed by atoms with Gasteiger partial charge in [0.2, 0.25) is 0 Å². The van der Waals surface area contributed by atoms with Crippen LogP contribution < -0.4 is 5.32 Å². The van der Waals surface area contributed by atoms with E-state index in [2.05, 4.69) is 10.3 Å². The molecule has 192 valence electrons. The van der Waals surface area contributed by atoms with E-state index in [4.69, 9.17) is 0 Å². The van der Waals surface area contributed by atoms with Crippen molar-refractivity contribution < 1.29 is 31.0 Å². The Balaban J connectivity index is 2.42. The van der Waals surface area contributed by atoms with Gasteiger partial charge in [-0.15, -0.1) is 0 Å². The molecule has 11 heteroatoms. The van der Waals surface area contributed by atoms with Crippen LogP contribution in [-0.4, -0.2) is 49.8 Å². The SMILES string of the molecule is CCN=C1C=C/C(=C(\c2ccc(NCC)c(C)c2)c2cc(O)c(S(=O)(=O)O)c(S(=O)(=O)O)c2)C=C1C. The fourth-order valence-electron chi connectivity index (χ4n) is 4.05. The molecule has 4 N–H and O–H groups in total. The van der Waals surface area contributed by atoms with Gasteiger partial charge in [-0.25, -0.2) is 0 Å². The van der Waals surface area contributed by atoms with Crippen molar-refractivity contribution >= 4 is 37.2 Å². The lowest BCUT2D eigenvalue weighted by molar-refractivity contribution is 0.430. The maximum absolute atomic E-state index is 12.1. The minimum absolute atomic E-state index is 0.114. The fraction of sp³-hybridized carbons (Fsp3) is 0.240. The molecule has 1 aliphatic carbocycles. The first-order chi connectivity index (χ1) is 16.8. The van der Waals surface area contributed by atoms with E-state index in [9.17, 15) is 31.0 Å². The molecule has 1 aliphatic rings. The van der Waals surface area contributed by atoms with Crippen LogP contribution in [0.1, 0.15) is 37.5 Å². The lowest BCUT2D eigenvalue weighted by Gasteiger charge is -2.19. The number of nitrogens with one attached hydrogen (secondary N) is 1. The van der Waals surface area contributed by atoms with Crippen molar-refractivity contribution in [3.05, 3.63) is 76.4 Å². The number of anilines is 1. The summed E-state index contributed by atoms with van der Waals surface area (Å²) < 4.78 is 67.1. The van der Waals surface area contributed by atoms with Crippen molar-refractivity contribution in [1.82, 2.24) is 0 Å². The number of rotatable bonds is 7. The Bertz CT molecular complexity index is 1550. The molecule has 0 atom stereocenters. The number of aryl methyl sites for hydroxylation is 1. The number of nitrogens with zero attached hydrogens (tertiary/aromatic N) is 1. The van der Waals surface area contributed by atoms with Gasteiger partial charge in [-0.1, -0.05) is 12.1 Å². The number of phenolic OH excluding ortho intramolecular Hbond substituents is 1. The third-order valence-electron chi connectivity index (χ3n) is 5.56. The average Bonchev–Trinajstić information content (AvgIpc) is 2.76. The molecule has 2 aromatic carbocycles. The van der Waals surface area contributed by atoms with Crippen molar-refractivity contribution in [2.24, 2.45) is 4.99 Å². The molecule has 3 rings (SSSR count).